The molecule has 0 aromatic heterocycles. The van der Waals surface area contributed by atoms with Gasteiger partial charge in [0.1, 0.15) is 17.2 Å². The van der Waals surface area contributed by atoms with Gasteiger partial charge in [-0.15, -0.1) is 0 Å². The first-order valence-electron chi connectivity index (χ1n) is 7.32. The van der Waals surface area contributed by atoms with E-state index >= 15 is 0 Å². The molecule has 0 aliphatic heterocycles. The van der Waals surface area contributed by atoms with Crippen LogP contribution < -0.4 is 19.5 Å². The molecule has 0 unspecified atom stereocenters. The van der Waals surface area contributed by atoms with Crippen LogP contribution in [0.4, 0.5) is 18.9 Å². The second kappa shape index (κ2) is 8.66. The Morgan fingerprint density at radius 2 is 1.73 bits per heavy atom. The molecule has 0 saturated heterocycles. The third-order valence-corrected chi connectivity index (χ3v) is 3.27. The fourth-order valence-electron chi connectivity index (χ4n) is 1.89. The predicted octanol–water partition coefficient (Wildman–Crippen LogP) is 4.31. The zero-order valence-corrected chi connectivity index (χ0v) is 14.4. The summed E-state index contributed by atoms with van der Waals surface area (Å²) >= 11 is 5.82. The van der Waals surface area contributed by atoms with E-state index < -0.39 is 18.7 Å². The van der Waals surface area contributed by atoms with Crippen molar-refractivity contribution in [1.82, 2.24) is 0 Å². The average Bonchev–Trinajstić information content (AvgIpc) is 2.59. The summed E-state index contributed by atoms with van der Waals surface area (Å²) in [5.41, 5.74) is 0.0186. The molecule has 0 saturated carbocycles. The van der Waals surface area contributed by atoms with Crippen molar-refractivity contribution >= 4 is 23.2 Å². The minimum absolute atomic E-state index is 0.0186. The molecule has 0 fully saturated rings. The molecule has 0 radical (unpaired) electrons. The number of carbonyl (C=O) groups excluding carboxylic acids is 1. The van der Waals surface area contributed by atoms with Crippen LogP contribution in [0.5, 0.6) is 17.2 Å². The van der Waals surface area contributed by atoms with Crippen LogP contribution in [0.25, 0.3) is 0 Å². The van der Waals surface area contributed by atoms with E-state index in [1.165, 1.54) is 25.3 Å². The van der Waals surface area contributed by atoms with E-state index in [4.69, 9.17) is 25.8 Å². The number of rotatable bonds is 7. The van der Waals surface area contributed by atoms with Crippen LogP contribution in [0.1, 0.15) is 0 Å². The van der Waals surface area contributed by atoms with Crippen molar-refractivity contribution in [1.29, 1.82) is 0 Å². The number of anilines is 1. The van der Waals surface area contributed by atoms with Gasteiger partial charge >= 0.3 is 6.18 Å². The summed E-state index contributed by atoms with van der Waals surface area (Å²) in [6.45, 7) is -1.84. The van der Waals surface area contributed by atoms with Gasteiger partial charge in [0.05, 0.1) is 12.8 Å². The summed E-state index contributed by atoms with van der Waals surface area (Å²) in [6, 6.07) is 10.4. The molecule has 2 aromatic rings. The number of methoxy groups -OCH3 is 1. The van der Waals surface area contributed by atoms with Crippen molar-refractivity contribution in [2.24, 2.45) is 0 Å². The second-order valence-corrected chi connectivity index (χ2v) is 5.49. The van der Waals surface area contributed by atoms with Crippen molar-refractivity contribution < 1.29 is 32.2 Å². The SMILES string of the molecule is COc1ccc(OCC(=O)Nc2cc(Cl)ccc2OCC(F)(F)F)cc1. The lowest BCUT2D eigenvalue weighted by Crippen LogP contribution is -2.22. The van der Waals surface area contributed by atoms with E-state index in [0.717, 1.165) is 0 Å². The van der Waals surface area contributed by atoms with Gasteiger partial charge in [0.25, 0.3) is 5.91 Å². The van der Waals surface area contributed by atoms with E-state index in [1.54, 1.807) is 24.3 Å². The molecule has 0 bridgehead atoms. The molecule has 1 N–H and O–H groups in total. The van der Waals surface area contributed by atoms with Crippen LogP contribution in [-0.2, 0) is 4.79 Å². The Kier molecular flexibility index (Phi) is 6.57. The summed E-state index contributed by atoms with van der Waals surface area (Å²) in [5.74, 6) is 0.331. The monoisotopic (exact) mass is 389 g/mol. The largest absolute Gasteiger partial charge is 0.497 e. The van der Waals surface area contributed by atoms with E-state index in [2.05, 4.69) is 5.32 Å². The number of halogens is 4. The van der Waals surface area contributed by atoms with Crippen LogP contribution in [0.3, 0.4) is 0 Å². The first-order valence-corrected chi connectivity index (χ1v) is 7.70. The Balaban J connectivity index is 1.97. The number of nitrogens with one attached hydrogen (secondary N) is 1. The molecule has 0 aliphatic rings. The first-order chi connectivity index (χ1) is 12.3. The number of benzene rings is 2. The van der Waals surface area contributed by atoms with Gasteiger partial charge in [0.15, 0.2) is 13.2 Å². The topological polar surface area (TPSA) is 56.8 Å². The van der Waals surface area contributed by atoms with Gasteiger partial charge in [-0.3, -0.25) is 4.79 Å². The van der Waals surface area contributed by atoms with Crippen LogP contribution in [0.15, 0.2) is 42.5 Å². The van der Waals surface area contributed by atoms with Gasteiger partial charge in [-0.1, -0.05) is 11.6 Å². The maximum atomic E-state index is 12.3. The second-order valence-electron chi connectivity index (χ2n) is 5.06. The fraction of sp³-hybridized carbons (Fsp3) is 0.235. The summed E-state index contributed by atoms with van der Waals surface area (Å²) in [5, 5.41) is 2.65. The average molecular weight is 390 g/mol. The lowest BCUT2D eigenvalue weighted by atomic mass is 10.3. The van der Waals surface area contributed by atoms with Crippen molar-refractivity contribution in [3.8, 4) is 17.2 Å². The van der Waals surface area contributed by atoms with Gasteiger partial charge < -0.3 is 19.5 Å². The molecule has 1 amide bonds. The minimum atomic E-state index is -4.50. The minimum Gasteiger partial charge on any atom is -0.497 e. The molecule has 0 aliphatic carbocycles. The highest BCUT2D eigenvalue weighted by molar-refractivity contribution is 6.31. The van der Waals surface area contributed by atoms with Gasteiger partial charge in [-0.25, -0.2) is 0 Å². The summed E-state index contributed by atoms with van der Waals surface area (Å²) in [4.78, 5) is 12.0. The smallest absolute Gasteiger partial charge is 0.422 e. The van der Waals surface area contributed by atoms with Crippen LogP contribution in [0, 0.1) is 0 Å². The number of amides is 1. The van der Waals surface area contributed by atoms with Crippen molar-refractivity contribution in [2.45, 2.75) is 6.18 Å². The Labute approximate surface area is 152 Å². The third-order valence-electron chi connectivity index (χ3n) is 3.04. The molecule has 9 heteroatoms. The quantitative estimate of drug-likeness (QED) is 0.766. The zero-order chi connectivity index (χ0) is 19.2. The summed E-state index contributed by atoms with van der Waals surface area (Å²) < 4.78 is 51.9. The van der Waals surface area contributed by atoms with Gasteiger partial charge in [0, 0.05) is 5.02 Å². The molecule has 2 aromatic carbocycles. The van der Waals surface area contributed by atoms with E-state index in [9.17, 15) is 18.0 Å². The summed E-state index contributed by atoms with van der Waals surface area (Å²) in [7, 11) is 1.52. The predicted molar refractivity (Wildman–Crippen MR) is 90.1 cm³/mol. The third kappa shape index (κ3) is 6.36. The van der Waals surface area contributed by atoms with Crippen molar-refractivity contribution in [2.75, 3.05) is 25.6 Å². The molecule has 0 spiro atoms. The van der Waals surface area contributed by atoms with Gasteiger partial charge in [0.2, 0.25) is 0 Å². The normalized spacial score (nSPS) is 11.0. The highest BCUT2D eigenvalue weighted by Crippen LogP contribution is 2.29. The first kappa shape index (κ1) is 19.7. The van der Waals surface area contributed by atoms with E-state index in [0.29, 0.717) is 11.5 Å². The number of alkyl halides is 3. The highest BCUT2D eigenvalue weighted by Gasteiger charge is 2.29. The standard InChI is InChI=1S/C17H15ClF3NO4/c1-24-12-3-5-13(6-4-12)25-9-16(23)22-14-8-11(18)2-7-15(14)26-10-17(19,20)21/h2-8H,9-10H2,1H3,(H,22,23). The van der Waals surface area contributed by atoms with Gasteiger partial charge in [-0.2, -0.15) is 13.2 Å². The molecular weight excluding hydrogens is 375 g/mol. The number of hydrogen-bond donors (Lipinski definition) is 1. The van der Waals surface area contributed by atoms with E-state index in [1.807, 2.05) is 0 Å². The van der Waals surface area contributed by atoms with Gasteiger partial charge in [-0.05, 0) is 42.5 Å². The lowest BCUT2D eigenvalue weighted by molar-refractivity contribution is -0.153. The zero-order valence-electron chi connectivity index (χ0n) is 13.6. The number of carbonyl (C=O) groups is 1. The van der Waals surface area contributed by atoms with Crippen LogP contribution in [0.2, 0.25) is 5.02 Å². The molecule has 26 heavy (non-hydrogen) atoms. The lowest BCUT2D eigenvalue weighted by Gasteiger charge is -2.14. The van der Waals surface area contributed by atoms with Crippen LogP contribution >= 0.6 is 11.6 Å². The Bertz CT molecular complexity index is 751. The maximum absolute atomic E-state index is 12.3. The molecule has 5 nitrogen and oxygen atoms in total. The van der Waals surface area contributed by atoms with Crippen molar-refractivity contribution in [3.05, 3.63) is 47.5 Å². The Hall–Kier alpha value is -2.61. The fourth-order valence-corrected chi connectivity index (χ4v) is 2.06. The maximum Gasteiger partial charge on any atom is 0.422 e. The van der Waals surface area contributed by atoms with Crippen molar-refractivity contribution in [3.63, 3.8) is 0 Å². The molecule has 2 rings (SSSR count). The van der Waals surface area contributed by atoms with Crippen LogP contribution in [-0.4, -0.2) is 32.4 Å². The Morgan fingerprint density at radius 1 is 1.08 bits per heavy atom. The Morgan fingerprint density at radius 3 is 2.35 bits per heavy atom. The molecular formula is C17H15ClF3NO4. The summed E-state index contributed by atoms with van der Waals surface area (Å²) in [6.07, 6.45) is -4.50. The van der Waals surface area contributed by atoms with E-state index in [-0.39, 0.29) is 23.1 Å². The molecule has 0 heterocycles. The number of ether oxygens (including phenoxy) is 3. The highest BCUT2D eigenvalue weighted by atomic mass is 35.5. The molecule has 140 valence electrons. The molecule has 0 atom stereocenters. The number of hydrogen-bond acceptors (Lipinski definition) is 4.